The molecule has 0 aromatic rings. The van der Waals surface area contributed by atoms with E-state index in [2.05, 4.69) is 10.2 Å². The largest absolute Gasteiger partial charge is 0.353 e. The SMILES string of the molecule is Cl.Cl.NC1C2CCC(C2)C1C(=O)NC1CCN2CCCC2C1. The van der Waals surface area contributed by atoms with Crippen molar-refractivity contribution < 1.29 is 4.79 Å². The Morgan fingerprint density at radius 1 is 1.00 bits per heavy atom. The molecular weight excluding hydrogens is 321 g/mol. The van der Waals surface area contributed by atoms with E-state index in [-0.39, 0.29) is 42.7 Å². The summed E-state index contributed by atoms with van der Waals surface area (Å²) in [6, 6.07) is 1.25. The fraction of sp³-hybridized carbons (Fsp3) is 0.938. The summed E-state index contributed by atoms with van der Waals surface area (Å²) in [6.45, 7) is 2.43. The number of nitrogens with zero attached hydrogens (tertiary/aromatic N) is 1. The maximum atomic E-state index is 12.6. The van der Waals surface area contributed by atoms with Crippen LogP contribution in [0.3, 0.4) is 0 Å². The average Bonchev–Trinajstić information content (AvgIpc) is 3.12. The summed E-state index contributed by atoms with van der Waals surface area (Å²) >= 11 is 0. The van der Waals surface area contributed by atoms with Crippen LogP contribution in [0.2, 0.25) is 0 Å². The van der Waals surface area contributed by atoms with Gasteiger partial charge in [0, 0.05) is 24.7 Å². The monoisotopic (exact) mass is 349 g/mol. The Hall–Kier alpha value is -0.0300. The standard InChI is InChI=1S/C16H27N3O.2ClH/c17-15-11-4-3-10(8-11)14(15)16(20)18-12-5-7-19-6-1-2-13(19)9-12;;/h10-15H,1-9,17H2,(H,18,20);2*1H. The van der Waals surface area contributed by atoms with E-state index in [1.807, 2.05) is 0 Å². The van der Waals surface area contributed by atoms with E-state index >= 15 is 0 Å². The molecule has 2 aliphatic carbocycles. The number of carbonyl (C=O) groups is 1. The van der Waals surface area contributed by atoms with Crippen LogP contribution in [0.5, 0.6) is 0 Å². The van der Waals surface area contributed by atoms with Crippen LogP contribution >= 0.6 is 24.8 Å². The summed E-state index contributed by atoms with van der Waals surface area (Å²) in [7, 11) is 0. The normalized spacial score (nSPS) is 43.1. The van der Waals surface area contributed by atoms with Gasteiger partial charge in [0.25, 0.3) is 0 Å². The van der Waals surface area contributed by atoms with Gasteiger partial charge in [-0.1, -0.05) is 0 Å². The first-order chi connectivity index (χ1) is 9.72. The van der Waals surface area contributed by atoms with Gasteiger partial charge in [0.2, 0.25) is 5.91 Å². The number of piperidine rings is 1. The topological polar surface area (TPSA) is 58.4 Å². The second-order valence-corrected chi connectivity index (χ2v) is 7.50. The molecule has 0 aromatic heterocycles. The Labute approximate surface area is 145 Å². The minimum atomic E-state index is 0. The second-order valence-electron chi connectivity index (χ2n) is 7.50. The number of rotatable bonds is 2. The molecule has 4 nitrogen and oxygen atoms in total. The Morgan fingerprint density at radius 3 is 2.50 bits per heavy atom. The summed E-state index contributed by atoms with van der Waals surface area (Å²) < 4.78 is 0. The number of hydrogen-bond donors (Lipinski definition) is 2. The number of hydrogen-bond acceptors (Lipinski definition) is 3. The third-order valence-electron chi connectivity index (χ3n) is 6.45. The zero-order valence-corrected chi connectivity index (χ0v) is 14.7. The maximum Gasteiger partial charge on any atom is 0.225 e. The molecule has 1 amide bonds. The Kier molecular flexibility index (Phi) is 6.03. The van der Waals surface area contributed by atoms with Crippen molar-refractivity contribution in [2.24, 2.45) is 23.5 Å². The van der Waals surface area contributed by atoms with Crippen molar-refractivity contribution in [1.82, 2.24) is 10.2 Å². The molecule has 0 spiro atoms. The molecule has 3 N–H and O–H groups in total. The van der Waals surface area contributed by atoms with Crippen molar-refractivity contribution >= 4 is 30.7 Å². The molecule has 4 rings (SSSR count). The predicted molar refractivity (Wildman–Crippen MR) is 92.6 cm³/mol. The van der Waals surface area contributed by atoms with Gasteiger partial charge < -0.3 is 16.0 Å². The molecule has 6 heteroatoms. The third kappa shape index (κ3) is 3.12. The van der Waals surface area contributed by atoms with Gasteiger partial charge in [0.15, 0.2) is 0 Å². The van der Waals surface area contributed by atoms with E-state index in [9.17, 15) is 4.79 Å². The van der Waals surface area contributed by atoms with Crippen LogP contribution in [0.15, 0.2) is 0 Å². The first-order valence-corrected chi connectivity index (χ1v) is 8.52. The van der Waals surface area contributed by atoms with Crippen LogP contribution in [-0.2, 0) is 4.79 Å². The van der Waals surface area contributed by atoms with Crippen molar-refractivity contribution in [1.29, 1.82) is 0 Å². The fourth-order valence-corrected chi connectivity index (χ4v) is 5.38. The molecule has 0 aromatic carbocycles. The Bertz CT molecular complexity index is 407. The van der Waals surface area contributed by atoms with Crippen molar-refractivity contribution in [3.05, 3.63) is 0 Å². The Balaban J connectivity index is 0.000000882. The van der Waals surface area contributed by atoms with Crippen molar-refractivity contribution in [2.75, 3.05) is 13.1 Å². The fourth-order valence-electron chi connectivity index (χ4n) is 5.38. The predicted octanol–water partition coefficient (Wildman–Crippen LogP) is 1.95. The molecule has 2 saturated carbocycles. The lowest BCUT2D eigenvalue weighted by Crippen LogP contribution is -2.52. The van der Waals surface area contributed by atoms with Crippen molar-refractivity contribution in [2.45, 2.75) is 63.1 Å². The highest BCUT2D eigenvalue weighted by Crippen LogP contribution is 2.47. The van der Waals surface area contributed by atoms with E-state index in [1.165, 1.54) is 45.2 Å². The number of nitrogens with two attached hydrogens (primary N) is 1. The number of fused-ring (bicyclic) bond motifs is 3. The van der Waals surface area contributed by atoms with Crippen LogP contribution in [0.1, 0.15) is 44.9 Å². The van der Waals surface area contributed by atoms with Crippen LogP contribution in [0, 0.1) is 17.8 Å². The van der Waals surface area contributed by atoms with E-state index in [4.69, 9.17) is 5.73 Å². The van der Waals surface area contributed by atoms with Crippen LogP contribution in [-0.4, -0.2) is 42.0 Å². The number of halogens is 2. The van der Waals surface area contributed by atoms with E-state index < -0.39 is 0 Å². The van der Waals surface area contributed by atoms with Gasteiger partial charge in [-0.05, 0) is 63.3 Å². The minimum Gasteiger partial charge on any atom is -0.353 e. The average molecular weight is 350 g/mol. The zero-order valence-electron chi connectivity index (χ0n) is 13.1. The molecule has 2 heterocycles. The first kappa shape index (κ1) is 18.3. The highest BCUT2D eigenvalue weighted by atomic mass is 35.5. The van der Waals surface area contributed by atoms with E-state index in [1.54, 1.807) is 0 Å². The van der Waals surface area contributed by atoms with Gasteiger partial charge in [-0.3, -0.25) is 4.79 Å². The van der Waals surface area contributed by atoms with E-state index in [0.29, 0.717) is 17.9 Å². The number of carbonyl (C=O) groups excluding carboxylic acids is 1. The maximum absolute atomic E-state index is 12.6. The van der Waals surface area contributed by atoms with Gasteiger partial charge in [-0.15, -0.1) is 24.8 Å². The summed E-state index contributed by atoms with van der Waals surface area (Å²) in [6.07, 6.45) is 8.59. The van der Waals surface area contributed by atoms with Crippen LogP contribution in [0.4, 0.5) is 0 Å². The summed E-state index contributed by atoms with van der Waals surface area (Å²) in [5, 5.41) is 3.34. The molecule has 2 saturated heterocycles. The molecule has 2 aliphatic heterocycles. The van der Waals surface area contributed by atoms with Gasteiger partial charge >= 0.3 is 0 Å². The summed E-state index contributed by atoms with van der Waals surface area (Å²) in [5.41, 5.74) is 6.29. The highest BCUT2D eigenvalue weighted by Gasteiger charge is 2.49. The summed E-state index contributed by atoms with van der Waals surface area (Å²) in [4.78, 5) is 15.2. The number of amides is 1. The van der Waals surface area contributed by atoms with Gasteiger partial charge in [-0.2, -0.15) is 0 Å². The van der Waals surface area contributed by atoms with Crippen LogP contribution in [0.25, 0.3) is 0 Å². The summed E-state index contributed by atoms with van der Waals surface area (Å²) in [5.74, 6) is 1.56. The van der Waals surface area contributed by atoms with Gasteiger partial charge in [0.1, 0.15) is 0 Å². The molecule has 22 heavy (non-hydrogen) atoms. The van der Waals surface area contributed by atoms with Gasteiger partial charge in [0.05, 0.1) is 5.92 Å². The Morgan fingerprint density at radius 2 is 1.77 bits per heavy atom. The molecule has 0 radical (unpaired) electrons. The first-order valence-electron chi connectivity index (χ1n) is 8.52. The van der Waals surface area contributed by atoms with Crippen molar-refractivity contribution in [3.63, 3.8) is 0 Å². The molecular formula is C16H29Cl2N3O. The number of nitrogens with one attached hydrogen (secondary N) is 1. The van der Waals surface area contributed by atoms with Gasteiger partial charge in [-0.25, -0.2) is 0 Å². The lowest BCUT2D eigenvalue weighted by atomic mass is 9.84. The van der Waals surface area contributed by atoms with Crippen molar-refractivity contribution in [3.8, 4) is 0 Å². The third-order valence-corrected chi connectivity index (χ3v) is 6.45. The molecule has 2 bridgehead atoms. The minimum absolute atomic E-state index is 0. The highest BCUT2D eigenvalue weighted by molar-refractivity contribution is 5.85. The second kappa shape index (κ2) is 7.25. The molecule has 4 aliphatic rings. The molecule has 6 atom stereocenters. The smallest absolute Gasteiger partial charge is 0.225 e. The van der Waals surface area contributed by atoms with Crippen LogP contribution < -0.4 is 11.1 Å². The molecule has 128 valence electrons. The molecule has 6 unspecified atom stereocenters. The lowest BCUT2D eigenvalue weighted by Gasteiger charge is -2.36. The zero-order chi connectivity index (χ0) is 13.7. The quantitative estimate of drug-likeness (QED) is 0.800. The molecule has 4 fully saturated rings. The lowest BCUT2D eigenvalue weighted by molar-refractivity contribution is -0.128. The van der Waals surface area contributed by atoms with E-state index in [0.717, 1.165) is 18.9 Å².